The molecule has 1 unspecified atom stereocenters. The standard InChI is InChI=1S/C14H16ClN3O/c1-8(2)16-13-17-12(19)14(18-13)6-9-3-4-11(15)5-10(9)7-14/h3-5,8H,6-7H2,1-2H3,(H2,16,17,18,19). The highest BCUT2D eigenvalue weighted by Gasteiger charge is 2.49. The molecular formula is C14H16ClN3O. The summed E-state index contributed by atoms with van der Waals surface area (Å²) >= 11 is 6.01. The fourth-order valence-electron chi connectivity index (χ4n) is 2.76. The third-order valence-electron chi connectivity index (χ3n) is 3.56. The van der Waals surface area contributed by atoms with E-state index in [4.69, 9.17) is 11.6 Å². The Morgan fingerprint density at radius 2 is 2.05 bits per heavy atom. The van der Waals surface area contributed by atoms with Crippen LogP contribution in [0.1, 0.15) is 25.0 Å². The highest BCUT2D eigenvalue weighted by molar-refractivity contribution is 6.30. The van der Waals surface area contributed by atoms with Gasteiger partial charge in [-0.05, 0) is 37.1 Å². The van der Waals surface area contributed by atoms with E-state index in [-0.39, 0.29) is 11.9 Å². The number of benzene rings is 1. The molecule has 1 fully saturated rings. The second-order valence-corrected chi connectivity index (χ2v) is 5.94. The summed E-state index contributed by atoms with van der Waals surface area (Å²) in [5.41, 5.74) is 1.74. The number of halogens is 1. The molecule has 19 heavy (non-hydrogen) atoms. The van der Waals surface area contributed by atoms with Crippen molar-refractivity contribution in [2.75, 3.05) is 0 Å². The minimum Gasteiger partial charge on any atom is -0.341 e. The molecule has 1 saturated heterocycles. The predicted octanol–water partition coefficient (Wildman–Crippen LogP) is 1.66. The number of nitrogens with one attached hydrogen (secondary N) is 2. The number of carbonyl (C=O) groups is 1. The van der Waals surface area contributed by atoms with Gasteiger partial charge in [0.05, 0.1) is 0 Å². The Kier molecular flexibility index (Phi) is 2.78. The van der Waals surface area contributed by atoms with Crippen molar-refractivity contribution in [3.63, 3.8) is 0 Å². The zero-order valence-electron chi connectivity index (χ0n) is 11.0. The normalized spacial score (nSPS) is 26.9. The Morgan fingerprint density at radius 1 is 1.32 bits per heavy atom. The number of aliphatic imine (C=N–C) groups is 1. The minimum absolute atomic E-state index is 0.000720. The largest absolute Gasteiger partial charge is 0.341 e. The number of carbonyl (C=O) groups excluding carboxylic acids is 1. The third kappa shape index (κ3) is 2.10. The van der Waals surface area contributed by atoms with E-state index in [2.05, 4.69) is 15.6 Å². The molecule has 1 atom stereocenters. The first-order chi connectivity index (χ1) is 8.98. The van der Waals surface area contributed by atoms with Gasteiger partial charge in [0.1, 0.15) is 5.54 Å². The summed E-state index contributed by atoms with van der Waals surface area (Å²) in [5.74, 6) is 0.582. The smallest absolute Gasteiger partial charge is 0.253 e. The van der Waals surface area contributed by atoms with Crippen molar-refractivity contribution in [1.82, 2.24) is 10.6 Å². The fraction of sp³-hybridized carbons (Fsp3) is 0.429. The lowest BCUT2D eigenvalue weighted by atomic mass is 9.96. The molecule has 1 aromatic rings. The molecule has 0 aromatic heterocycles. The monoisotopic (exact) mass is 277 g/mol. The van der Waals surface area contributed by atoms with E-state index in [1.165, 1.54) is 5.56 Å². The molecule has 0 bridgehead atoms. The Hall–Kier alpha value is -1.55. The maximum Gasteiger partial charge on any atom is 0.253 e. The molecule has 0 radical (unpaired) electrons. The van der Waals surface area contributed by atoms with Gasteiger partial charge in [0.2, 0.25) is 0 Å². The average Bonchev–Trinajstić information content (AvgIpc) is 2.79. The van der Waals surface area contributed by atoms with Crippen molar-refractivity contribution < 1.29 is 4.79 Å². The van der Waals surface area contributed by atoms with Crippen LogP contribution in [0.15, 0.2) is 23.2 Å². The van der Waals surface area contributed by atoms with Gasteiger partial charge in [0.25, 0.3) is 5.91 Å². The molecule has 5 heteroatoms. The fourth-order valence-corrected chi connectivity index (χ4v) is 2.95. The Balaban J connectivity index is 1.90. The van der Waals surface area contributed by atoms with Crippen LogP contribution < -0.4 is 10.6 Å². The molecule has 4 nitrogen and oxygen atoms in total. The van der Waals surface area contributed by atoms with Crippen LogP contribution in [0.4, 0.5) is 0 Å². The molecule has 100 valence electrons. The van der Waals surface area contributed by atoms with Gasteiger partial charge in [0, 0.05) is 23.9 Å². The summed E-state index contributed by atoms with van der Waals surface area (Å²) in [5, 5.41) is 6.81. The minimum atomic E-state index is -0.583. The first-order valence-electron chi connectivity index (χ1n) is 6.43. The predicted molar refractivity (Wildman–Crippen MR) is 75.4 cm³/mol. The van der Waals surface area contributed by atoms with E-state index < -0.39 is 5.54 Å². The van der Waals surface area contributed by atoms with Gasteiger partial charge >= 0.3 is 0 Å². The second-order valence-electron chi connectivity index (χ2n) is 5.50. The van der Waals surface area contributed by atoms with Gasteiger partial charge in [-0.15, -0.1) is 0 Å². The molecule has 0 saturated carbocycles. The van der Waals surface area contributed by atoms with Crippen molar-refractivity contribution in [1.29, 1.82) is 0 Å². The number of nitrogens with zero attached hydrogens (tertiary/aromatic N) is 1. The molecule has 1 spiro atoms. The lowest BCUT2D eigenvalue weighted by Gasteiger charge is -2.19. The second kappa shape index (κ2) is 4.23. The summed E-state index contributed by atoms with van der Waals surface area (Å²) in [4.78, 5) is 16.6. The number of hydrogen-bond acceptors (Lipinski definition) is 2. The molecule has 1 amide bonds. The van der Waals surface area contributed by atoms with Crippen molar-refractivity contribution in [3.8, 4) is 0 Å². The van der Waals surface area contributed by atoms with Crippen LogP contribution in [0.2, 0.25) is 5.02 Å². The van der Waals surface area contributed by atoms with Crippen LogP contribution >= 0.6 is 11.6 Å². The summed E-state index contributed by atoms with van der Waals surface area (Å²) < 4.78 is 0. The van der Waals surface area contributed by atoms with Gasteiger partial charge in [-0.25, -0.2) is 0 Å². The summed E-state index contributed by atoms with van der Waals surface area (Å²) in [6, 6.07) is 5.96. The maximum absolute atomic E-state index is 12.3. The van der Waals surface area contributed by atoms with Crippen molar-refractivity contribution >= 4 is 23.5 Å². The molecule has 3 rings (SSSR count). The van der Waals surface area contributed by atoms with Crippen LogP contribution in [0.3, 0.4) is 0 Å². The highest BCUT2D eigenvalue weighted by atomic mass is 35.5. The average molecular weight is 278 g/mol. The number of amides is 1. The first-order valence-corrected chi connectivity index (χ1v) is 6.81. The molecule has 1 heterocycles. The van der Waals surface area contributed by atoms with E-state index in [9.17, 15) is 4.79 Å². The number of hydrogen-bond donors (Lipinski definition) is 2. The van der Waals surface area contributed by atoms with E-state index in [0.717, 1.165) is 5.56 Å². The molecule has 1 aliphatic heterocycles. The maximum atomic E-state index is 12.3. The Labute approximate surface area is 117 Å². The SMILES string of the molecule is CC(C)N=C1NC(=O)C2(Cc3ccc(Cl)cc3C2)N1. The van der Waals surface area contributed by atoms with Crippen LogP contribution in [0.25, 0.3) is 0 Å². The van der Waals surface area contributed by atoms with Crippen LogP contribution in [-0.4, -0.2) is 23.4 Å². The molecular weight excluding hydrogens is 262 g/mol. The summed E-state index contributed by atoms with van der Waals surface area (Å²) in [7, 11) is 0. The van der Waals surface area contributed by atoms with Gasteiger partial charge in [-0.1, -0.05) is 17.7 Å². The lowest BCUT2D eigenvalue weighted by Crippen LogP contribution is -2.47. The van der Waals surface area contributed by atoms with Crippen molar-refractivity contribution in [2.24, 2.45) is 4.99 Å². The van der Waals surface area contributed by atoms with Crippen molar-refractivity contribution in [2.45, 2.75) is 38.3 Å². The summed E-state index contributed by atoms with van der Waals surface area (Å²) in [6.45, 7) is 3.96. The van der Waals surface area contributed by atoms with Gasteiger partial charge in [-0.3, -0.25) is 15.1 Å². The Morgan fingerprint density at radius 3 is 2.79 bits per heavy atom. The van der Waals surface area contributed by atoms with Crippen LogP contribution in [0, 0.1) is 0 Å². The van der Waals surface area contributed by atoms with E-state index in [0.29, 0.717) is 23.8 Å². The zero-order valence-corrected chi connectivity index (χ0v) is 11.7. The summed E-state index contributed by atoms with van der Waals surface area (Å²) in [6.07, 6.45) is 1.34. The van der Waals surface area contributed by atoms with Gasteiger partial charge in [0.15, 0.2) is 5.96 Å². The van der Waals surface area contributed by atoms with Gasteiger partial charge < -0.3 is 5.32 Å². The molecule has 2 N–H and O–H groups in total. The van der Waals surface area contributed by atoms with Gasteiger partial charge in [-0.2, -0.15) is 0 Å². The van der Waals surface area contributed by atoms with Crippen LogP contribution in [-0.2, 0) is 17.6 Å². The van der Waals surface area contributed by atoms with E-state index in [1.54, 1.807) is 0 Å². The molecule has 2 aliphatic rings. The quantitative estimate of drug-likeness (QED) is 0.820. The molecule has 1 aromatic carbocycles. The number of fused-ring (bicyclic) bond motifs is 1. The first kappa shape index (κ1) is 12.5. The number of rotatable bonds is 1. The van der Waals surface area contributed by atoms with Crippen LogP contribution in [0.5, 0.6) is 0 Å². The highest BCUT2D eigenvalue weighted by Crippen LogP contribution is 2.33. The van der Waals surface area contributed by atoms with E-state index >= 15 is 0 Å². The van der Waals surface area contributed by atoms with Crippen molar-refractivity contribution in [3.05, 3.63) is 34.3 Å². The lowest BCUT2D eigenvalue weighted by molar-refractivity contribution is -0.123. The zero-order chi connectivity index (χ0) is 13.6. The molecule has 1 aliphatic carbocycles. The topological polar surface area (TPSA) is 53.5 Å². The number of guanidine groups is 1. The van der Waals surface area contributed by atoms with E-state index in [1.807, 2.05) is 32.0 Å². The Bertz CT molecular complexity index is 582. The third-order valence-corrected chi connectivity index (χ3v) is 3.80.